The SMILES string of the molecule is CC1CN(CC(C)C(O)c2ccc(F)cn2)CC(C)O1. The Bertz CT molecular complexity index is 416. The summed E-state index contributed by atoms with van der Waals surface area (Å²) in [5.74, 6) is -0.352. The van der Waals surface area contributed by atoms with E-state index in [2.05, 4.69) is 23.7 Å². The number of ether oxygens (including phenoxy) is 1. The van der Waals surface area contributed by atoms with Gasteiger partial charge < -0.3 is 9.84 Å². The van der Waals surface area contributed by atoms with E-state index in [9.17, 15) is 9.50 Å². The molecule has 112 valence electrons. The van der Waals surface area contributed by atoms with Gasteiger partial charge in [-0.2, -0.15) is 0 Å². The van der Waals surface area contributed by atoms with Gasteiger partial charge in [0, 0.05) is 25.6 Å². The molecule has 0 aliphatic carbocycles. The van der Waals surface area contributed by atoms with Crippen molar-refractivity contribution in [2.24, 2.45) is 5.92 Å². The third-order valence-corrected chi connectivity index (χ3v) is 3.63. The Balaban J connectivity index is 1.93. The normalized spacial score (nSPS) is 27.2. The predicted octanol–water partition coefficient (Wildman–Crippen LogP) is 2.00. The first-order valence-electron chi connectivity index (χ1n) is 7.13. The highest BCUT2D eigenvalue weighted by molar-refractivity contribution is 5.09. The second kappa shape index (κ2) is 6.61. The first-order valence-corrected chi connectivity index (χ1v) is 7.13. The molecule has 0 saturated carbocycles. The van der Waals surface area contributed by atoms with E-state index >= 15 is 0 Å². The topological polar surface area (TPSA) is 45.6 Å². The van der Waals surface area contributed by atoms with E-state index in [0.29, 0.717) is 5.69 Å². The number of pyridine rings is 1. The van der Waals surface area contributed by atoms with Crippen molar-refractivity contribution < 1.29 is 14.2 Å². The summed E-state index contributed by atoms with van der Waals surface area (Å²) in [7, 11) is 0. The van der Waals surface area contributed by atoms with Crippen molar-refractivity contribution in [2.45, 2.75) is 39.1 Å². The van der Waals surface area contributed by atoms with Crippen LogP contribution in [0.5, 0.6) is 0 Å². The summed E-state index contributed by atoms with van der Waals surface area (Å²) in [4.78, 5) is 6.26. The molecule has 5 heteroatoms. The Morgan fingerprint density at radius 2 is 2.05 bits per heavy atom. The summed E-state index contributed by atoms with van der Waals surface area (Å²) >= 11 is 0. The van der Waals surface area contributed by atoms with Crippen LogP contribution in [0.3, 0.4) is 0 Å². The maximum Gasteiger partial charge on any atom is 0.141 e. The summed E-state index contributed by atoms with van der Waals surface area (Å²) in [6.07, 6.45) is 0.896. The van der Waals surface area contributed by atoms with Crippen LogP contribution >= 0.6 is 0 Å². The highest BCUT2D eigenvalue weighted by Crippen LogP contribution is 2.22. The van der Waals surface area contributed by atoms with Crippen molar-refractivity contribution in [3.05, 3.63) is 29.8 Å². The number of morpholine rings is 1. The Labute approximate surface area is 119 Å². The first-order chi connectivity index (χ1) is 9.45. The van der Waals surface area contributed by atoms with Crippen LogP contribution in [0.2, 0.25) is 0 Å². The van der Waals surface area contributed by atoms with Gasteiger partial charge in [-0.25, -0.2) is 4.39 Å². The second-order valence-corrected chi connectivity index (χ2v) is 5.80. The molecule has 1 aromatic rings. The molecule has 1 aliphatic rings. The van der Waals surface area contributed by atoms with Gasteiger partial charge in [-0.3, -0.25) is 9.88 Å². The number of rotatable bonds is 4. The number of nitrogens with zero attached hydrogens (tertiary/aromatic N) is 2. The summed E-state index contributed by atoms with van der Waals surface area (Å²) in [5.41, 5.74) is 0.522. The molecule has 1 fully saturated rings. The number of hydrogen-bond acceptors (Lipinski definition) is 4. The number of aromatic nitrogens is 1. The Morgan fingerprint density at radius 3 is 2.60 bits per heavy atom. The quantitative estimate of drug-likeness (QED) is 0.917. The molecule has 1 aromatic heterocycles. The van der Waals surface area contributed by atoms with E-state index < -0.39 is 6.10 Å². The fourth-order valence-electron chi connectivity index (χ4n) is 2.79. The number of aliphatic hydroxyl groups is 1. The van der Waals surface area contributed by atoms with E-state index in [1.54, 1.807) is 6.07 Å². The summed E-state index contributed by atoms with van der Waals surface area (Å²) in [6, 6.07) is 2.87. The predicted molar refractivity (Wildman–Crippen MR) is 74.8 cm³/mol. The molecule has 0 spiro atoms. The fourth-order valence-corrected chi connectivity index (χ4v) is 2.79. The lowest BCUT2D eigenvalue weighted by Crippen LogP contribution is -2.47. The molecule has 4 atom stereocenters. The highest BCUT2D eigenvalue weighted by atomic mass is 19.1. The molecule has 0 bridgehead atoms. The molecule has 0 radical (unpaired) electrons. The Kier molecular flexibility index (Phi) is 5.07. The molecule has 1 saturated heterocycles. The molecule has 0 amide bonds. The monoisotopic (exact) mass is 282 g/mol. The van der Waals surface area contributed by atoms with Crippen molar-refractivity contribution in [1.82, 2.24) is 9.88 Å². The molecule has 1 N–H and O–H groups in total. The zero-order chi connectivity index (χ0) is 14.7. The lowest BCUT2D eigenvalue weighted by Gasteiger charge is -2.37. The zero-order valence-corrected chi connectivity index (χ0v) is 12.3. The van der Waals surface area contributed by atoms with E-state index in [4.69, 9.17) is 4.74 Å². The van der Waals surface area contributed by atoms with E-state index in [0.717, 1.165) is 25.8 Å². The largest absolute Gasteiger partial charge is 0.386 e. The van der Waals surface area contributed by atoms with Crippen LogP contribution in [-0.2, 0) is 4.74 Å². The van der Waals surface area contributed by atoms with E-state index in [1.165, 1.54) is 6.07 Å². The van der Waals surface area contributed by atoms with E-state index in [-0.39, 0.29) is 23.9 Å². The molecular formula is C15H23FN2O2. The average molecular weight is 282 g/mol. The smallest absolute Gasteiger partial charge is 0.141 e. The van der Waals surface area contributed by atoms with Crippen molar-refractivity contribution in [3.8, 4) is 0 Å². The van der Waals surface area contributed by atoms with Gasteiger partial charge in [-0.15, -0.1) is 0 Å². The molecule has 4 unspecified atom stereocenters. The maximum absolute atomic E-state index is 12.8. The minimum atomic E-state index is -0.677. The molecule has 2 heterocycles. The molecular weight excluding hydrogens is 259 g/mol. The maximum atomic E-state index is 12.8. The third kappa shape index (κ3) is 3.98. The minimum absolute atomic E-state index is 0.0328. The van der Waals surface area contributed by atoms with Crippen LogP contribution in [0.15, 0.2) is 18.3 Å². The van der Waals surface area contributed by atoms with Crippen molar-refractivity contribution in [3.63, 3.8) is 0 Å². The van der Waals surface area contributed by atoms with Gasteiger partial charge in [0.05, 0.1) is 30.2 Å². The Hall–Kier alpha value is -1.04. The van der Waals surface area contributed by atoms with Crippen LogP contribution in [0, 0.1) is 11.7 Å². The number of halogens is 1. The third-order valence-electron chi connectivity index (χ3n) is 3.63. The second-order valence-electron chi connectivity index (χ2n) is 5.80. The van der Waals surface area contributed by atoms with E-state index in [1.807, 2.05) is 6.92 Å². The zero-order valence-electron chi connectivity index (χ0n) is 12.3. The molecule has 4 nitrogen and oxygen atoms in total. The number of hydrogen-bond donors (Lipinski definition) is 1. The van der Waals surface area contributed by atoms with Crippen LogP contribution in [0.25, 0.3) is 0 Å². The van der Waals surface area contributed by atoms with Crippen LogP contribution in [0.4, 0.5) is 4.39 Å². The number of aliphatic hydroxyl groups excluding tert-OH is 1. The van der Waals surface area contributed by atoms with Crippen LogP contribution in [0.1, 0.15) is 32.6 Å². The summed E-state index contributed by atoms with van der Waals surface area (Å²) in [6.45, 7) is 8.63. The Morgan fingerprint density at radius 1 is 1.40 bits per heavy atom. The van der Waals surface area contributed by atoms with Gasteiger partial charge in [0.25, 0.3) is 0 Å². The average Bonchev–Trinajstić information content (AvgIpc) is 2.37. The van der Waals surface area contributed by atoms with Gasteiger partial charge in [-0.05, 0) is 26.0 Å². The van der Waals surface area contributed by atoms with Crippen molar-refractivity contribution in [2.75, 3.05) is 19.6 Å². The van der Waals surface area contributed by atoms with Gasteiger partial charge in [0.1, 0.15) is 5.82 Å². The van der Waals surface area contributed by atoms with Crippen LogP contribution < -0.4 is 0 Å². The van der Waals surface area contributed by atoms with Crippen LogP contribution in [-0.4, -0.2) is 46.8 Å². The van der Waals surface area contributed by atoms with Gasteiger partial charge >= 0.3 is 0 Å². The standard InChI is InChI=1S/C15H23FN2O2/c1-10(7-18-8-11(2)20-12(3)9-18)15(19)14-5-4-13(16)6-17-14/h4-6,10-12,15,19H,7-9H2,1-3H3. The molecule has 0 aromatic carbocycles. The molecule has 20 heavy (non-hydrogen) atoms. The lowest BCUT2D eigenvalue weighted by molar-refractivity contribution is -0.0755. The fraction of sp³-hybridized carbons (Fsp3) is 0.667. The summed E-state index contributed by atoms with van der Waals surface area (Å²) in [5, 5.41) is 10.3. The van der Waals surface area contributed by atoms with Crippen molar-refractivity contribution >= 4 is 0 Å². The van der Waals surface area contributed by atoms with Gasteiger partial charge in [0.15, 0.2) is 0 Å². The molecule has 1 aliphatic heterocycles. The van der Waals surface area contributed by atoms with Crippen molar-refractivity contribution in [1.29, 1.82) is 0 Å². The minimum Gasteiger partial charge on any atom is -0.386 e. The summed E-state index contributed by atoms with van der Waals surface area (Å²) < 4.78 is 18.5. The molecule has 2 rings (SSSR count). The van der Waals surface area contributed by atoms with Gasteiger partial charge in [-0.1, -0.05) is 6.92 Å². The first kappa shape index (κ1) is 15.4. The lowest BCUT2D eigenvalue weighted by atomic mass is 10.00. The van der Waals surface area contributed by atoms with Gasteiger partial charge in [0.2, 0.25) is 0 Å². The highest BCUT2D eigenvalue weighted by Gasteiger charge is 2.26.